The Morgan fingerprint density at radius 1 is 1.20 bits per heavy atom. The summed E-state index contributed by atoms with van der Waals surface area (Å²) < 4.78 is 42.5. The van der Waals surface area contributed by atoms with Crippen molar-refractivity contribution in [3.05, 3.63) is 40.3 Å². The summed E-state index contributed by atoms with van der Waals surface area (Å²) in [6, 6.07) is 5.52. The predicted octanol–water partition coefficient (Wildman–Crippen LogP) is 4.71. The molecule has 0 aliphatic heterocycles. The van der Waals surface area contributed by atoms with Crippen LogP contribution in [0.5, 0.6) is 0 Å². The zero-order valence-corrected chi connectivity index (χ0v) is 14.6. The van der Waals surface area contributed by atoms with E-state index in [4.69, 9.17) is 4.74 Å². The first kappa shape index (κ1) is 19.0. The van der Waals surface area contributed by atoms with Gasteiger partial charge in [0.2, 0.25) is 0 Å². The molecular formula is C17H16F3NO3S. The van der Waals surface area contributed by atoms with Crippen LogP contribution < -0.4 is 5.32 Å². The van der Waals surface area contributed by atoms with Crippen molar-refractivity contribution in [1.82, 2.24) is 0 Å². The Hall–Kier alpha value is -2.35. The van der Waals surface area contributed by atoms with Crippen molar-refractivity contribution in [3.8, 4) is 11.1 Å². The summed E-state index contributed by atoms with van der Waals surface area (Å²) in [7, 11) is 0. The quantitative estimate of drug-likeness (QED) is 0.792. The van der Waals surface area contributed by atoms with Gasteiger partial charge in [-0.3, -0.25) is 4.79 Å². The summed E-state index contributed by atoms with van der Waals surface area (Å²) in [6.07, 6.45) is -5.05. The molecule has 2 aromatic rings. The Kier molecular flexibility index (Phi) is 5.52. The molecule has 4 nitrogen and oxygen atoms in total. The molecule has 134 valence electrons. The number of halogens is 3. The van der Waals surface area contributed by atoms with E-state index < -0.39 is 18.1 Å². The van der Waals surface area contributed by atoms with Gasteiger partial charge in [-0.25, -0.2) is 4.79 Å². The summed E-state index contributed by atoms with van der Waals surface area (Å²) in [5, 5.41) is 3.12. The molecule has 0 bridgehead atoms. The highest BCUT2D eigenvalue weighted by molar-refractivity contribution is 7.15. The Balaban J connectivity index is 2.54. The van der Waals surface area contributed by atoms with Crippen molar-refractivity contribution in [1.29, 1.82) is 0 Å². The monoisotopic (exact) mass is 371 g/mol. The van der Waals surface area contributed by atoms with Gasteiger partial charge in [0.05, 0.1) is 6.61 Å². The number of amides is 1. The molecule has 0 aliphatic carbocycles. The van der Waals surface area contributed by atoms with Gasteiger partial charge in [-0.2, -0.15) is 13.2 Å². The largest absolute Gasteiger partial charge is 0.471 e. The van der Waals surface area contributed by atoms with E-state index in [1.54, 1.807) is 18.3 Å². The van der Waals surface area contributed by atoms with E-state index in [2.05, 4.69) is 0 Å². The highest BCUT2D eigenvalue weighted by Crippen LogP contribution is 2.38. The highest BCUT2D eigenvalue weighted by atomic mass is 32.1. The fourth-order valence-electron chi connectivity index (χ4n) is 2.34. The SMILES string of the molecule is CCOC(=O)c1c(-c2ccc(C)cc2C)csc1NC(=O)C(F)(F)F. The normalized spacial score (nSPS) is 11.3. The zero-order valence-electron chi connectivity index (χ0n) is 13.8. The average molecular weight is 371 g/mol. The van der Waals surface area contributed by atoms with Gasteiger partial charge >= 0.3 is 18.1 Å². The van der Waals surface area contributed by atoms with Gasteiger partial charge in [-0.15, -0.1) is 11.3 Å². The molecule has 1 heterocycles. The maximum atomic E-state index is 12.5. The Bertz CT molecular complexity index is 812. The molecule has 2 rings (SSSR count). The second-order valence-electron chi connectivity index (χ2n) is 5.34. The first-order valence-electron chi connectivity index (χ1n) is 7.39. The summed E-state index contributed by atoms with van der Waals surface area (Å²) >= 11 is 0.850. The van der Waals surface area contributed by atoms with Crippen molar-refractivity contribution >= 4 is 28.2 Å². The number of benzene rings is 1. The van der Waals surface area contributed by atoms with Gasteiger partial charge in [0.25, 0.3) is 0 Å². The molecule has 0 saturated carbocycles. The van der Waals surface area contributed by atoms with Crippen LogP contribution in [0.3, 0.4) is 0 Å². The molecule has 8 heteroatoms. The second-order valence-corrected chi connectivity index (χ2v) is 6.22. The van der Waals surface area contributed by atoms with Gasteiger partial charge < -0.3 is 10.1 Å². The maximum Gasteiger partial charge on any atom is 0.471 e. The van der Waals surface area contributed by atoms with Gasteiger partial charge in [0.1, 0.15) is 10.6 Å². The third-order valence-electron chi connectivity index (χ3n) is 3.43. The minimum Gasteiger partial charge on any atom is -0.462 e. The number of esters is 1. The summed E-state index contributed by atoms with van der Waals surface area (Å²) in [5.74, 6) is -2.91. The number of anilines is 1. The molecule has 25 heavy (non-hydrogen) atoms. The Morgan fingerprint density at radius 2 is 1.88 bits per heavy atom. The van der Waals surface area contributed by atoms with Crippen molar-refractivity contribution in [2.75, 3.05) is 11.9 Å². The molecule has 1 aromatic heterocycles. The van der Waals surface area contributed by atoms with Crippen LogP contribution in [-0.4, -0.2) is 24.7 Å². The van der Waals surface area contributed by atoms with E-state index >= 15 is 0 Å². The lowest BCUT2D eigenvalue weighted by Gasteiger charge is -2.11. The molecule has 0 unspecified atom stereocenters. The van der Waals surface area contributed by atoms with E-state index in [9.17, 15) is 22.8 Å². The van der Waals surface area contributed by atoms with Crippen molar-refractivity contribution < 1.29 is 27.5 Å². The predicted molar refractivity (Wildman–Crippen MR) is 89.9 cm³/mol. The number of thiophene rings is 1. The second kappa shape index (κ2) is 7.26. The van der Waals surface area contributed by atoms with Crippen molar-refractivity contribution in [3.63, 3.8) is 0 Å². The van der Waals surface area contributed by atoms with E-state index in [0.717, 1.165) is 22.5 Å². The minimum atomic E-state index is -5.05. The third kappa shape index (κ3) is 4.19. The number of rotatable bonds is 4. The first-order valence-corrected chi connectivity index (χ1v) is 8.27. The van der Waals surface area contributed by atoms with Crippen LogP contribution in [-0.2, 0) is 9.53 Å². The lowest BCUT2D eigenvalue weighted by Crippen LogP contribution is -2.30. The van der Waals surface area contributed by atoms with Crippen LogP contribution in [0.4, 0.5) is 18.2 Å². The molecule has 0 aliphatic rings. The molecule has 0 radical (unpaired) electrons. The van der Waals surface area contributed by atoms with Crippen LogP contribution in [0.1, 0.15) is 28.4 Å². The van der Waals surface area contributed by atoms with Crippen LogP contribution in [0.2, 0.25) is 0 Å². The van der Waals surface area contributed by atoms with Gasteiger partial charge in [-0.1, -0.05) is 23.8 Å². The molecule has 0 fully saturated rings. The molecule has 1 aromatic carbocycles. The fourth-order valence-corrected chi connectivity index (χ4v) is 3.29. The molecule has 0 saturated heterocycles. The number of carbonyl (C=O) groups excluding carboxylic acids is 2. The Morgan fingerprint density at radius 3 is 2.44 bits per heavy atom. The first-order chi connectivity index (χ1) is 11.6. The maximum absolute atomic E-state index is 12.5. The summed E-state index contributed by atoms with van der Waals surface area (Å²) in [5.41, 5.74) is 2.92. The lowest BCUT2D eigenvalue weighted by molar-refractivity contribution is -0.167. The van der Waals surface area contributed by atoms with Crippen LogP contribution in [0.15, 0.2) is 23.6 Å². The number of alkyl halides is 3. The average Bonchev–Trinajstić information content (AvgIpc) is 2.90. The topological polar surface area (TPSA) is 55.4 Å². The fraction of sp³-hybridized carbons (Fsp3) is 0.294. The van der Waals surface area contributed by atoms with E-state index in [1.165, 1.54) is 5.38 Å². The van der Waals surface area contributed by atoms with Crippen molar-refractivity contribution in [2.24, 2.45) is 0 Å². The number of nitrogens with one attached hydrogen (secondary N) is 1. The standard InChI is InChI=1S/C17H16F3NO3S/c1-4-24-15(22)13-12(11-6-5-9(2)7-10(11)3)8-25-14(13)21-16(23)17(18,19)20/h5-8H,4H2,1-3H3,(H,21,23). The lowest BCUT2D eigenvalue weighted by atomic mass is 9.97. The van der Waals surface area contributed by atoms with Gasteiger partial charge in [0, 0.05) is 10.9 Å². The smallest absolute Gasteiger partial charge is 0.462 e. The Labute approximate surface area is 146 Å². The van der Waals surface area contributed by atoms with Crippen LogP contribution in [0, 0.1) is 13.8 Å². The van der Waals surface area contributed by atoms with E-state index in [1.807, 2.05) is 26.0 Å². The third-order valence-corrected chi connectivity index (χ3v) is 4.32. The molecule has 1 N–H and O–H groups in total. The number of carbonyl (C=O) groups is 2. The molecule has 0 atom stereocenters. The summed E-state index contributed by atoms with van der Waals surface area (Å²) in [6.45, 7) is 5.40. The minimum absolute atomic E-state index is 0.0632. The van der Waals surface area contributed by atoms with Crippen LogP contribution in [0.25, 0.3) is 11.1 Å². The highest BCUT2D eigenvalue weighted by Gasteiger charge is 2.40. The molecule has 1 amide bonds. The number of hydrogen-bond acceptors (Lipinski definition) is 4. The zero-order chi connectivity index (χ0) is 18.8. The van der Waals surface area contributed by atoms with Gasteiger partial charge in [0.15, 0.2) is 0 Å². The number of aryl methyl sites for hydroxylation is 2. The number of ether oxygens (including phenoxy) is 1. The van der Waals surface area contributed by atoms with E-state index in [-0.39, 0.29) is 17.2 Å². The summed E-state index contributed by atoms with van der Waals surface area (Å²) in [4.78, 5) is 23.5. The van der Waals surface area contributed by atoms with Crippen molar-refractivity contribution in [2.45, 2.75) is 26.9 Å². The molecular weight excluding hydrogens is 355 g/mol. The van der Waals surface area contributed by atoms with E-state index in [0.29, 0.717) is 11.1 Å². The van der Waals surface area contributed by atoms with Crippen LogP contribution >= 0.6 is 11.3 Å². The van der Waals surface area contributed by atoms with Gasteiger partial charge in [-0.05, 0) is 31.9 Å². The number of hydrogen-bond donors (Lipinski definition) is 1. The molecule has 0 spiro atoms.